The van der Waals surface area contributed by atoms with Crippen LogP contribution < -0.4 is 5.56 Å². The molecule has 0 aromatic carbocycles. The minimum Gasteiger partial charge on any atom is -0.381 e. The largest absolute Gasteiger partial charge is 0.381 e. The van der Waals surface area contributed by atoms with Gasteiger partial charge in [-0.3, -0.25) is 9.48 Å². The first-order chi connectivity index (χ1) is 15.1. The molecule has 1 saturated heterocycles. The summed E-state index contributed by atoms with van der Waals surface area (Å²) in [6, 6.07) is 4.17. The molecule has 1 saturated carbocycles. The summed E-state index contributed by atoms with van der Waals surface area (Å²) in [6.07, 6.45) is 6.82. The van der Waals surface area contributed by atoms with Crippen molar-refractivity contribution < 1.29 is 4.74 Å². The Morgan fingerprint density at radius 1 is 1.23 bits per heavy atom. The minimum absolute atomic E-state index is 0.00265. The lowest BCUT2D eigenvalue weighted by atomic mass is 9.79. The maximum Gasteiger partial charge on any atom is 0.263 e. The van der Waals surface area contributed by atoms with Gasteiger partial charge in [0.2, 0.25) is 0 Å². The van der Waals surface area contributed by atoms with Gasteiger partial charge >= 0.3 is 0 Å². The summed E-state index contributed by atoms with van der Waals surface area (Å²) in [4.78, 5) is 20.6. The maximum absolute atomic E-state index is 12.9. The number of hydrogen-bond donors (Lipinski definition) is 1. The first-order valence-corrected chi connectivity index (χ1v) is 10.5. The number of nitrogens with zero attached hydrogens (tertiary/aromatic N) is 7. The van der Waals surface area contributed by atoms with Crippen molar-refractivity contribution in [3.8, 4) is 12.1 Å². The van der Waals surface area contributed by atoms with Crippen LogP contribution in [0, 0.1) is 28.6 Å². The van der Waals surface area contributed by atoms with E-state index in [2.05, 4.69) is 28.2 Å². The fourth-order valence-corrected chi connectivity index (χ4v) is 4.69. The second-order valence-corrected chi connectivity index (χ2v) is 8.32. The lowest BCUT2D eigenvalue weighted by Crippen LogP contribution is -2.31. The second-order valence-electron chi connectivity index (χ2n) is 8.32. The maximum atomic E-state index is 12.9. The Hall–Kier alpha value is -3.50. The van der Waals surface area contributed by atoms with Crippen LogP contribution in [0.4, 0.5) is 0 Å². The van der Waals surface area contributed by atoms with Crippen LogP contribution in [-0.2, 0) is 4.74 Å². The number of aromatic nitrogens is 6. The Morgan fingerprint density at radius 2 is 2.03 bits per heavy atom. The summed E-state index contributed by atoms with van der Waals surface area (Å²) in [5, 5.41) is 27.6. The standard InChI is InChI=1S/C21H22N8O2/c1-12(14-4-6-31-7-5-14)29-20-18(16(9-23)27-29)21(30)26-19(25-20)15-2-3-17(15)28-11-13(8-22)10-24-28/h10-12,14-15,17H,2-7H2,1H3,(H,25,26,30)/t12?,15-,17-/m0/s1. The second kappa shape index (κ2) is 7.64. The molecule has 1 unspecified atom stereocenters. The molecule has 0 spiro atoms. The number of nitriles is 2. The zero-order chi connectivity index (χ0) is 21.5. The van der Waals surface area contributed by atoms with Crippen LogP contribution in [0.3, 0.4) is 0 Å². The molecule has 2 fully saturated rings. The fraction of sp³-hybridized carbons (Fsp3) is 0.524. The zero-order valence-corrected chi connectivity index (χ0v) is 17.2. The summed E-state index contributed by atoms with van der Waals surface area (Å²) in [6.45, 7) is 3.47. The number of aromatic amines is 1. The van der Waals surface area contributed by atoms with Crippen LogP contribution in [0.5, 0.6) is 0 Å². The quantitative estimate of drug-likeness (QED) is 0.685. The van der Waals surface area contributed by atoms with Crippen molar-refractivity contribution in [2.24, 2.45) is 5.92 Å². The van der Waals surface area contributed by atoms with Crippen molar-refractivity contribution in [1.29, 1.82) is 10.5 Å². The molecule has 158 valence electrons. The van der Waals surface area contributed by atoms with Crippen LogP contribution >= 0.6 is 0 Å². The van der Waals surface area contributed by atoms with Gasteiger partial charge in [-0.15, -0.1) is 0 Å². The van der Waals surface area contributed by atoms with Crippen LogP contribution in [0.1, 0.15) is 67.7 Å². The van der Waals surface area contributed by atoms with Crippen molar-refractivity contribution in [2.45, 2.75) is 50.6 Å². The molecule has 1 aliphatic carbocycles. The fourth-order valence-electron chi connectivity index (χ4n) is 4.69. The molecular formula is C21H22N8O2. The van der Waals surface area contributed by atoms with Crippen LogP contribution in [0.25, 0.3) is 11.0 Å². The average Bonchev–Trinajstić information content (AvgIpc) is 3.38. The Balaban J connectivity index is 1.55. The zero-order valence-electron chi connectivity index (χ0n) is 17.2. The molecule has 0 amide bonds. The molecule has 2 aliphatic rings. The number of hydrogen-bond acceptors (Lipinski definition) is 7. The summed E-state index contributed by atoms with van der Waals surface area (Å²) in [7, 11) is 0. The van der Waals surface area contributed by atoms with E-state index in [4.69, 9.17) is 15.0 Å². The van der Waals surface area contributed by atoms with Gasteiger partial charge in [0.15, 0.2) is 11.3 Å². The van der Waals surface area contributed by atoms with Gasteiger partial charge in [0.25, 0.3) is 5.56 Å². The van der Waals surface area contributed by atoms with Crippen molar-refractivity contribution >= 4 is 11.0 Å². The highest BCUT2D eigenvalue weighted by molar-refractivity contribution is 5.80. The molecular weight excluding hydrogens is 396 g/mol. The third-order valence-electron chi connectivity index (χ3n) is 6.68. The van der Waals surface area contributed by atoms with Gasteiger partial charge in [0, 0.05) is 25.3 Å². The predicted octanol–water partition coefficient (Wildman–Crippen LogP) is 2.17. The molecule has 3 atom stereocenters. The summed E-state index contributed by atoms with van der Waals surface area (Å²) in [5.74, 6) is 0.904. The highest BCUT2D eigenvalue weighted by atomic mass is 16.5. The molecule has 1 aliphatic heterocycles. The van der Waals surface area contributed by atoms with Crippen LogP contribution in [0.2, 0.25) is 0 Å². The van der Waals surface area contributed by atoms with E-state index in [1.165, 1.54) is 0 Å². The van der Waals surface area contributed by atoms with E-state index in [1.807, 2.05) is 6.07 Å². The van der Waals surface area contributed by atoms with E-state index in [1.54, 1.807) is 21.8 Å². The smallest absolute Gasteiger partial charge is 0.263 e. The number of ether oxygens (including phenoxy) is 1. The van der Waals surface area contributed by atoms with Gasteiger partial charge in [-0.25, -0.2) is 9.67 Å². The molecule has 31 heavy (non-hydrogen) atoms. The van der Waals surface area contributed by atoms with E-state index >= 15 is 0 Å². The SMILES string of the molecule is CC(C1CCOCC1)n1nc(C#N)c2c(=O)[nH]c([C@H]3CC[C@@H]3n3cc(C#N)cn3)nc21. The predicted molar refractivity (Wildman–Crippen MR) is 109 cm³/mol. The summed E-state index contributed by atoms with van der Waals surface area (Å²) < 4.78 is 9.00. The third-order valence-corrected chi connectivity index (χ3v) is 6.68. The van der Waals surface area contributed by atoms with E-state index < -0.39 is 0 Å². The van der Waals surface area contributed by atoms with E-state index in [-0.39, 0.29) is 34.6 Å². The number of fused-ring (bicyclic) bond motifs is 1. The average molecular weight is 418 g/mol. The van der Waals surface area contributed by atoms with Gasteiger partial charge in [-0.2, -0.15) is 20.7 Å². The molecule has 1 N–H and O–H groups in total. The highest BCUT2D eigenvalue weighted by Gasteiger charge is 2.37. The molecule has 0 bridgehead atoms. The van der Waals surface area contributed by atoms with Crippen molar-refractivity contribution in [3.05, 3.63) is 39.8 Å². The molecule has 5 rings (SSSR count). The summed E-state index contributed by atoms with van der Waals surface area (Å²) in [5.41, 5.74) is 0.721. The van der Waals surface area contributed by atoms with Crippen molar-refractivity contribution in [1.82, 2.24) is 29.5 Å². The normalized spacial score (nSPS) is 22.5. The Labute approximate surface area is 178 Å². The van der Waals surface area contributed by atoms with E-state index in [9.17, 15) is 10.1 Å². The molecule has 0 radical (unpaired) electrons. The molecule has 10 nitrogen and oxygen atoms in total. The van der Waals surface area contributed by atoms with Crippen LogP contribution in [0.15, 0.2) is 17.2 Å². The Morgan fingerprint density at radius 3 is 2.68 bits per heavy atom. The molecule has 10 heteroatoms. The van der Waals surface area contributed by atoms with Gasteiger partial charge in [-0.05, 0) is 38.5 Å². The lowest BCUT2D eigenvalue weighted by Gasteiger charge is -2.35. The minimum atomic E-state index is -0.342. The molecule has 4 heterocycles. The number of rotatable bonds is 4. The molecule has 3 aromatic heterocycles. The van der Waals surface area contributed by atoms with Crippen molar-refractivity contribution in [3.63, 3.8) is 0 Å². The highest BCUT2D eigenvalue weighted by Crippen LogP contribution is 2.44. The Bertz CT molecular complexity index is 1270. The number of nitrogens with one attached hydrogen (secondary N) is 1. The van der Waals surface area contributed by atoms with E-state index in [0.29, 0.717) is 36.2 Å². The van der Waals surface area contributed by atoms with Gasteiger partial charge < -0.3 is 9.72 Å². The monoisotopic (exact) mass is 418 g/mol. The van der Waals surface area contributed by atoms with Gasteiger partial charge in [0.1, 0.15) is 23.3 Å². The topological polar surface area (TPSA) is 138 Å². The first kappa shape index (κ1) is 19.5. The van der Waals surface area contributed by atoms with E-state index in [0.717, 1.165) is 25.7 Å². The van der Waals surface area contributed by atoms with Crippen LogP contribution in [-0.4, -0.2) is 42.7 Å². The van der Waals surface area contributed by atoms with Gasteiger partial charge in [-0.1, -0.05) is 0 Å². The van der Waals surface area contributed by atoms with Crippen molar-refractivity contribution in [2.75, 3.05) is 13.2 Å². The Kier molecular flexibility index (Phi) is 4.79. The summed E-state index contributed by atoms with van der Waals surface area (Å²) >= 11 is 0. The first-order valence-electron chi connectivity index (χ1n) is 10.5. The molecule has 3 aromatic rings. The third kappa shape index (κ3) is 3.20. The number of H-pyrrole nitrogens is 1. The van der Waals surface area contributed by atoms with Gasteiger partial charge in [0.05, 0.1) is 23.8 Å². The lowest BCUT2D eigenvalue weighted by molar-refractivity contribution is 0.0501.